The lowest BCUT2D eigenvalue weighted by Gasteiger charge is -2.52. The lowest BCUT2D eigenvalue weighted by atomic mass is 9.76. The minimum Gasteiger partial charge on any atom is -0.372 e. The lowest BCUT2D eigenvalue weighted by molar-refractivity contribution is -0.0609. The molecule has 0 N–H and O–H groups in total. The molecule has 2 saturated heterocycles. The van der Waals surface area contributed by atoms with Crippen molar-refractivity contribution in [2.45, 2.75) is 97.1 Å². The molecule has 26 heavy (non-hydrogen) atoms. The summed E-state index contributed by atoms with van der Waals surface area (Å²) in [4.78, 5) is 12.2. The number of nitrogens with zero attached hydrogens (tertiary/aromatic N) is 1. The number of hydrogen-bond acceptors (Lipinski definition) is 3. The van der Waals surface area contributed by atoms with Gasteiger partial charge in [0.1, 0.15) is 5.28 Å². The third-order valence-corrected chi connectivity index (χ3v) is 12.6. The van der Waals surface area contributed by atoms with Gasteiger partial charge < -0.3 is 4.74 Å². The average Bonchev–Trinajstić information content (AvgIpc) is 3.08. The summed E-state index contributed by atoms with van der Waals surface area (Å²) < 4.78 is 6.63. The zero-order valence-corrected chi connectivity index (χ0v) is 18.8. The van der Waals surface area contributed by atoms with Gasteiger partial charge in [-0.2, -0.15) is 0 Å². The minimum absolute atomic E-state index is 0.145. The normalized spacial score (nSPS) is 46.8. The molecule has 3 rings (SSSR count). The standard InChI is InChI=1S/C22H40NO2P/c1-8-9-12-26(7)15-17(16-10-11-20(2,3)13-16)19-18(22(26,6)23-24)14-21(4,5)25-19/h16-19H,7-15H2,1-6H3. The van der Waals surface area contributed by atoms with Crippen LogP contribution in [-0.2, 0) is 4.74 Å². The van der Waals surface area contributed by atoms with E-state index in [4.69, 9.17) is 11.0 Å². The fourth-order valence-electron chi connectivity index (χ4n) is 6.28. The lowest BCUT2D eigenvalue weighted by Crippen LogP contribution is -2.50. The van der Waals surface area contributed by atoms with Crippen molar-refractivity contribution in [3.05, 3.63) is 4.91 Å². The Hall–Kier alpha value is -0.140. The first kappa shape index (κ1) is 20.6. The summed E-state index contributed by atoms with van der Waals surface area (Å²) in [5.41, 5.74) is 0.303. The maximum Gasteiger partial charge on any atom is 0.123 e. The molecule has 0 amide bonds. The maximum absolute atomic E-state index is 12.2. The first-order chi connectivity index (χ1) is 12.0. The Bertz CT molecular complexity index is 599. The Labute approximate surface area is 161 Å². The molecule has 0 aromatic heterocycles. The van der Waals surface area contributed by atoms with E-state index in [0.717, 1.165) is 24.7 Å². The van der Waals surface area contributed by atoms with Gasteiger partial charge in [0.2, 0.25) is 0 Å². The van der Waals surface area contributed by atoms with Crippen LogP contribution in [0.1, 0.15) is 80.1 Å². The van der Waals surface area contributed by atoms with E-state index < -0.39 is 12.2 Å². The summed E-state index contributed by atoms with van der Waals surface area (Å²) in [6.45, 7) is 11.9. The van der Waals surface area contributed by atoms with Gasteiger partial charge in [-0.25, -0.2) is 0 Å². The third-order valence-electron chi connectivity index (χ3n) is 7.94. The van der Waals surface area contributed by atoms with E-state index in [1.54, 1.807) is 0 Å². The van der Waals surface area contributed by atoms with E-state index in [1.807, 2.05) is 0 Å². The van der Waals surface area contributed by atoms with Gasteiger partial charge >= 0.3 is 0 Å². The summed E-state index contributed by atoms with van der Waals surface area (Å²) in [5.74, 6) is 1.55. The van der Waals surface area contributed by atoms with E-state index in [0.29, 0.717) is 11.3 Å². The van der Waals surface area contributed by atoms with Crippen molar-refractivity contribution < 1.29 is 4.74 Å². The van der Waals surface area contributed by atoms with Crippen molar-refractivity contribution in [3.8, 4) is 0 Å². The van der Waals surface area contributed by atoms with Crippen molar-refractivity contribution in [2.24, 2.45) is 28.3 Å². The number of hydrogen-bond donors (Lipinski definition) is 0. The zero-order chi connectivity index (χ0) is 19.4. The second-order valence-electron chi connectivity index (χ2n) is 11.1. The van der Waals surface area contributed by atoms with Gasteiger partial charge in [0.15, 0.2) is 0 Å². The van der Waals surface area contributed by atoms with E-state index in [9.17, 15) is 4.91 Å². The monoisotopic (exact) mass is 381 g/mol. The maximum atomic E-state index is 12.2. The van der Waals surface area contributed by atoms with Crippen LogP contribution in [0.2, 0.25) is 0 Å². The Kier molecular flexibility index (Phi) is 5.33. The second-order valence-corrected chi connectivity index (χ2v) is 15.1. The Morgan fingerprint density at radius 1 is 1.19 bits per heavy atom. The van der Waals surface area contributed by atoms with Gasteiger partial charge in [-0.3, -0.25) is 0 Å². The first-order valence-electron chi connectivity index (χ1n) is 10.7. The molecule has 0 spiro atoms. The van der Waals surface area contributed by atoms with Crippen LogP contribution in [0.3, 0.4) is 0 Å². The summed E-state index contributed by atoms with van der Waals surface area (Å²) in [5, 5.41) is 3.33. The molecule has 0 bridgehead atoms. The molecule has 0 radical (unpaired) electrons. The van der Waals surface area contributed by atoms with E-state index in [2.05, 4.69) is 46.7 Å². The quantitative estimate of drug-likeness (QED) is 0.410. The van der Waals surface area contributed by atoms with Crippen LogP contribution in [0.4, 0.5) is 0 Å². The molecule has 6 unspecified atom stereocenters. The molecular weight excluding hydrogens is 341 g/mol. The molecule has 3 fully saturated rings. The predicted octanol–water partition coefficient (Wildman–Crippen LogP) is 6.36. The van der Waals surface area contributed by atoms with Gasteiger partial charge in [-0.05, 0) is 82.4 Å². The third kappa shape index (κ3) is 3.37. The molecule has 3 nitrogen and oxygen atoms in total. The van der Waals surface area contributed by atoms with Crippen LogP contribution in [0.25, 0.3) is 0 Å². The smallest absolute Gasteiger partial charge is 0.123 e. The molecular formula is C22H40NO2P. The van der Waals surface area contributed by atoms with Crippen LogP contribution in [-0.4, -0.2) is 35.6 Å². The number of fused-ring (bicyclic) bond motifs is 1. The molecule has 0 aromatic carbocycles. The van der Waals surface area contributed by atoms with Gasteiger partial charge in [0.25, 0.3) is 0 Å². The molecule has 4 heteroatoms. The zero-order valence-electron chi connectivity index (χ0n) is 17.9. The molecule has 2 aliphatic heterocycles. The summed E-state index contributed by atoms with van der Waals surface area (Å²) in [7, 11) is 0. The van der Waals surface area contributed by atoms with Gasteiger partial charge in [0, 0.05) is 5.92 Å². The summed E-state index contributed by atoms with van der Waals surface area (Å²) in [6, 6.07) is 0. The SMILES string of the molecule is C=P1(CCCC)CC(C2CCC(C)(C)C2)C2OC(C)(C)CC2C1(C)N=O. The van der Waals surface area contributed by atoms with Crippen LogP contribution in [0.15, 0.2) is 5.18 Å². The molecule has 3 aliphatic rings. The highest BCUT2D eigenvalue weighted by molar-refractivity contribution is 7.75. The highest BCUT2D eigenvalue weighted by Crippen LogP contribution is 2.71. The molecule has 1 aliphatic carbocycles. The minimum atomic E-state index is -1.69. The van der Waals surface area contributed by atoms with Gasteiger partial charge in [-0.15, -0.1) is 4.91 Å². The van der Waals surface area contributed by atoms with Crippen LogP contribution >= 0.6 is 6.89 Å². The van der Waals surface area contributed by atoms with Crippen molar-refractivity contribution >= 4 is 13.2 Å². The fraction of sp³-hybridized carbons (Fsp3) is 0.955. The fourth-order valence-corrected chi connectivity index (χ4v) is 10.6. The number of unbranched alkanes of at least 4 members (excludes halogenated alkanes) is 1. The molecule has 1 saturated carbocycles. The predicted molar refractivity (Wildman–Crippen MR) is 115 cm³/mol. The second kappa shape index (κ2) is 6.73. The van der Waals surface area contributed by atoms with Crippen molar-refractivity contribution in [2.75, 3.05) is 12.3 Å². The van der Waals surface area contributed by atoms with Gasteiger partial charge in [0.05, 0.1) is 11.7 Å². The topological polar surface area (TPSA) is 38.7 Å². The number of ether oxygens (including phenoxy) is 1. The molecule has 0 aromatic rings. The molecule has 6 atom stereocenters. The van der Waals surface area contributed by atoms with E-state index in [1.165, 1.54) is 32.1 Å². The van der Waals surface area contributed by atoms with E-state index in [-0.39, 0.29) is 17.6 Å². The Morgan fingerprint density at radius 2 is 1.88 bits per heavy atom. The Balaban J connectivity index is 1.99. The summed E-state index contributed by atoms with van der Waals surface area (Å²) >= 11 is 0. The highest BCUT2D eigenvalue weighted by atomic mass is 31.2. The van der Waals surface area contributed by atoms with Crippen LogP contribution in [0.5, 0.6) is 0 Å². The van der Waals surface area contributed by atoms with Crippen LogP contribution in [0, 0.1) is 28.1 Å². The summed E-state index contributed by atoms with van der Waals surface area (Å²) in [6.07, 6.45) is 14.5. The van der Waals surface area contributed by atoms with Gasteiger partial charge in [-0.1, -0.05) is 45.6 Å². The number of rotatable bonds is 5. The highest BCUT2D eigenvalue weighted by Gasteiger charge is 2.62. The Morgan fingerprint density at radius 3 is 2.42 bits per heavy atom. The molecule has 2 heterocycles. The molecule has 150 valence electrons. The largest absolute Gasteiger partial charge is 0.372 e. The van der Waals surface area contributed by atoms with E-state index >= 15 is 0 Å². The van der Waals surface area contributed by atoms with Crippen molar-refractivity contribution in [1.82, 2.24) is 0 Å². The van der Waals surface area contributed by atoms with Crippen LogP contribution < -0.4 is 0 Å². The number of nitroso groups, excluding NO2 is 1. The van der Waals surface area contributed by atoms with Crippen molar-refractivity contribution in [1.29, 1.82) is 0 Å². The first-order valence-corrected chi connectivity index (χ1v) is 13.1. The average molecular weight is 382 g/mol. The van der Waals surface area contributed by atoms with Crippen molar-refractivity contribution in [3.63, 3.8) is 0 Å².